The number of methoxy groups -OCH3 is 1. The smallest absolute Gasteiger partial charge is 0.244 e. The Hall–Kier alpha value is -2.78. The third-order valence-corrected chi connectivity index (χ3v) is 7.63. The number of amides is 2. The minimum atomic E-state index is -3.83. The van der Waals surface area contributed by atoms with Gasteiger partial charge in [-0.2, -0.15) is 0 Å². The number of carbonyl (C=O) groups is 2. The number of para-hydroxylation sites is 1. The van der Waals surface area contributed by atoms with Crippen LogP contribution in [0.4, 0.5) is 5.69 Å². The SMILES string of the molecule is COc1ccc(CN(C(=O)CN(c2ccccc2Cl)S(C)(=O)=O)[C@@H](C)C(=O)NC2CCCC2)cc1. The topological polar surface area (TPSA) is 96.0 Å². The average Bonchev–Trinajstić information content (AvgIpc) is 3.33. The molecular formula is C25H32ClN3O5S. The minimum absolute atomic E-state index is 0.0959. The zero-order chi connectivity index (χ0) is 25.6. The lowest BCUT2D eigenvalue weighted by atomic mass is 10.1. The molecule has 1 aliphatic carbocycles. The van der Waals surface area contributed by atoms with E-state index in [0.29, 0.717) is 5.75 Å². The van der Waals surface area contributed by atoms with Crippen LogP contribution in [0.5, 0.6) is 5.75 Å². The molecule has 190 valence electrons. The molecule has 1 N–H and O–H groups in total. The summed E-state index contributed by atoms with van der Waals surface area (Å²) in [6.07, 6.45) is 4.98. The molecule has 0 saturated heterocycles. The van der Waals surface area contributed by atoms with Crippen molar-refractivity contribution in [2.24, 2.45) is 0 Å². The van der Waals surface area contributed by atoms with Crippen LogP contribution in [0.15, 0.2) is 48.5 Å². The van der Waals surface area contributed by atoms with Gasteiger partial charge in [0.2, 0.25) is 21.8 Å². The van der Waals surface area contributed by atoms with Crippen LogP contribution in [-0.2, 0) is 26.2 Å². The summed E-state index contributed by atoms with van der Waals surface area (Å²) < 4.78 is 31.4. The molecule has 2 aromatic carbocycles. The van der Waals surface area contributed by atoms with Crippen molar-refractivity contribution in [3.05, 3.63) is 59.1 Å². The Morgan fingerprint density at radius 1 is 1.11 bits per heavy atom. The number of nitrogens with one attached hydrogen (secondary N) is 1. The van der Waals surface area contributed by atoms with Gasteiger partial charge in [-0.3, -0.25) is 13.9 Å². The molecule has 10 heteroatoms. The van der Waals surface area contributed by atoms with Gasteiger partial charge in [0.1, 0.15) is 18.3 Å². The van der Waals surface area contributed by atoms with Crippen LogP contribution < -0.4 is 14.4 Å². The van der Waals surface area contributed by atoms with Gasteiger partial charge in [-0.05, 0) is 49.6 Å². The van der Waals surface area contributed by atoms with Gasteiger partial charge in [-0.1, -0.05) is 48.7 Å². The number of ether oxygens (including phenoxy) is 1. The maximum atomic E-state index is 13.6. The van der Waals surface area contributed by atoms with Crippen molar-refractivity contribution < 1.29 is 22.7 Å². The Morgan fingerprint density at radius 3 is 2.31 bits per heavy atom. The van der Waals surface area contributed by atoms with E-state index in [1.807, 2.05) is 12.1 Å². The summed E-state index contributed by atoms with van der Waals surface area (Å²) in [4.78, 5) is 28.0. The summed E-state index contributed by atoms with van der Waals surface area (Å²) in [6, 6.07) is 12.9. The molecule has 0 heterocycles. The molecule has 0 radical (unpaired) electrons. The molecule has 1 saturated carbocycles. The predicted molar refractivity (Wildman–Crippen MR) is 137 cm³/mol. The van der Waals surface area contributed by atoms with E-state index in [0.717, 1.165) is 41.8 Å². The Morgan fingerprint density at radius 2 is 1.74 bits per heavy atom. The highest BCUT2D eigenvalue weighted by Crippen LogP contribution is 2.27. The molecule has 2 aromatic rings. The van der Waals surface area contributed by atoms with E-state index in [9.17, 15) is 18.0 Å². The second-order valence-corrected chi connectivity index (χ2v) is 11.1. The molecule has 1 fully saturated rings. The fourth-order valence-corrected chi connectivity index (χ4v) is 5.30. The van der Waals surface area contributed by atoms with Crippen molar-refractivity contribution in [2.45, 2.75) is 51.2 Å². The van der Waals surface area contributed by atoms with Gasteiger partial charge in [-0.15, -0.1) is 0 Å². The summed E-state index contributed by atoms with van der Waals surface area (Å²) in [7, 11) is -2.27. The van der Waals surface area contributed by atoms with Crippen LogP contribution >= 0.6 is 11.6 Å². The Labute approximate surface area is 212 Å². The molecule has 0 spiro atoms. The van der Waals surface area contributed by atoms with E-state index in [1.54, 1.807) is 50.4 Å². The quantitative estimate of drug-likeness (QED) is 0.515. The van der Waals surface area contributed by atoms with E-state index in [4.69, 9.17) is 16.3 Å². The molecule has 0 aromatic heterocycles. The van der Waals surface area contributed by atoms with Gasteiger partial charge in [0.05, 0.1) is 24.1 Å². The highest BCUT2D eigenvalue weighted by atomic mass is 35.5. The number of benzene rings is 2. The maximum absolute atomic E-state index is 13.6. The van der Waals surface area contributed by atoms with Crippen molar-refractivity contribution in [3.63, 3.8) is 0 Å². The molecule has 3 rings (SSSR count). The standard InChI is InChI=1S/C25H32ClN3O5S/c1-18(25(31)27-20-8-4-5-9-20)28(16-19-12-14-21(34-2)15-13-19)24(30)17-29(35(3,32)33)23-11-7-6-10-22(23)26/h6-7,10-15,18,20H,4-5,8-9,16-17H2,1-3H3,(H,27,31)/t18-/m0/s1. The van der Waals surface area contributed by atoms with E-state index in [1.165, 1.54) is 4.90 Å². The highest BCUT2D eigenvalue weighted by Gasteiger charge is 2.31. The fraction of sp³-hybridized carbons (Fsp3) is 0.440. The fourth-order valence-electron chi connectivity index (χ4n) is 4.15. The predicted octanol–water partition coefficient (Wildman–Crippen LogP) is 3.59. The second kappa shape index (κ2) is 11.8. The van der Waals surface area contributed by atoms with Gasteiger partial charge < -0.3 is 15.0 Å². The zero-order valence-corrected chi connectivity index (χ0v) is 21.8. The van der Waals surface area contributed by atoms with Crippen molar-refractivity contribution in [3.8, 4) is 5.75 Å². The summed E-state index contributed by atoms with van der Waals surface area (Å²) in [5, 5.41) is 3.24. The summed E-state index contributed by atoms with van der Waals surface area (Å²) in [6.45, 7) is 1.30. The van der Waals surface area contributed by atoms with Gasteiger partial charge in [0.15, 0.2) is 0 Å². The molecule has 8 nitrogen and oxygen atoms in total. The maximum Gasteiger partial charge on any atom is 0.244 e. The van der Waals surface area contributed by atoms with Gasteiger partial charge in [-0.25, -0.2) is 8.42 Å². The van der Waals surface area contributed by atoms with Crippen LogP contribution in [0.1, 0.15) is 38.2 Å². The van der Waals surface area contributed by atoms with E-state index >= 15 is 0 Å². The number of anilines is 1. The number of rotatable bonds is 10. The van der Waals surface area contributed by atoms with Crippen molar-refractivity contribution >= 4 is 39.1 Å². The van der Waals surface area contributed by atoms with Crippen LogP contribution in [-0.4, -0.2) is 57.1 Å². The molecule has 0 unspecified atom stereocenters. The summed E-state index contributed by atoms with van der Waals surface area (Å²) >= 11 is 6.25. The number of sulfonamides is 1. The zero-order valence-electron chi connectivity index (χ0n) is 20.2. The molecule has 35 heavy (non-hydrogen) atoms. The van der Waals surface area contributed by atoms with Gasteiger partial charge in [0.25, 0.3) is 0 Å². The molecule has 1 aliphatic rings. The lowest BCUT2D eigenvalue weighted by Crippen LogP contribution is -2.52. The van der Waals surface area contributed by atoms with Crippen LogP contribution in [0.2, 0.25) is 5.02 Å². The molecular weight excluding hydrogens is 490 g/mol. The monoisotopic (exact) mass is 521 g/mol. The lowest BCUT2D eigenvalue weighted by molar-refractivity contribution is -0.139. The second-order valence-electron chi connectivity index (χ2n) is 8.76. The first-order valence-electron chi connectivity index (χ1n) is 11.5. The average molecular weight is 522 g/mol. The minimum Gasteiger partial charge on any atom is -0.497 e. The first kappa shape index (κ1) is 26.8. The van der Waals surface area contributed by atoms with E-state index < -0.39 is 28.5 Å². The van der Waals surface area contributed by atoms with E-state index in [-0.39, 0.29) is 29.2 Å². The number of hydrogen-bond donors (Lipinski definition) is 1. The molecule has 0 aliphatic heterocycles. The third kappa shape index (κ3) is 7.11. The van der Waals surface area contributed by atoms with Crippen molar-refractivity contribution in [1.29, 1.82) is 0 Å². The van der Waals surface area contributed by atoms with Gasteiger partial charge >= 0.3 is 0 Å². The van der Waals surface area contributed by atoms with Crippen LogP contribution in [0.3, 0.4) is 0 Å². The first-order chi connectivity index (χ1) is 16.6. The first-order valence-corrected chi connectivity index (χ1v) is 13.8. The highest BCUT2D eigenvalue weighted by molar-refractivity contribution is 7.92. The summed E-state index contributed by atoms with van der Waals surface area (Å²) in [5.74, 6) is -0.108. The number of carbonyl (C=O) groups excluding carboxylic acids is 2. The van der Waals surface area contributed by atoms with Gasteiger partial charge in [0, 0.05) is 12.6 Å². The Balaban J connectivity index is 1.88. The largest absolute Gasteiger partial charge is 0.497 e. The third-order valence-electron chi connectivity index (χ3n) is 6.18. The molecule has 1 atom stereocenters. The molecule has 2 amide bonds. The normalized spacial score (nSPS) is 14.9. The number of hydrogen-bond acceptors (Lipinski definition) is 5. The lowest BCUT2D eigenvalue weighted by Gasteiger charge is -2.32. The van der Waals surface area contributed by atoms with Crippen molar-refractivity contribution in [2.75, 3.05) is 24.2 Å². The summed E-state index contributed by atoms with van der Waals surface area (Å²) in [5.41, 5.74) is 0.987. The van der Waals surface area contributed by atoms with Crippen LogP contribution in [0.25, 0.3) is 0 Å². The Bertz CT molecular complexity index is 1130. The number of halogens is 1. The van der Waals surface area contributed by atoms with Crippen molar-refractivity contribution in [1.82, 2.24) is 10.2 Å². The number of nitrogens with zero attached hydrogens (tertiary/aromatic N) is 2. The van der Waals surface area contributed by atoms with Crippen LogP contribution in [0, 0.1) is 0 Å². The van der Waals surface area contributed by atoms with E-state index in [2.05, 4.69) is 5.32 Å². The molecule has 0 bridgehead atoms. The Kier molecular flexibility index (Phi) is 9.02.